The smallest absolute Gasteiger partial charge is 0.235 e. The summed E-state index contributed by atoms with van der Waals surface area (Å²) in [5.41, 5.74) is 4.31. The summed E-state index contributed by atoms with van der Waals surface area (Å²) in [4.78, 5) is 3.22. The standard InChI is InChI=1S/C26H23NO2/c1-4-10-21(11-5-1)16-17-24-18-27-26(29-20-23-14-8-3-9-15-23)25(24)28-19-22-12-6-2-7-13-22/h1-18,27H,19-20H2. The van der Waals surface area contributed by atoms with E-state index in [1.807, 2.05) is 79.0 Å². The van der Waals surface area contributed by atoms with E-state index in [1.54, 1.807) is 0 Å². The van der Waals surface area contributed by atoms with Gasteiger partial charge in [0.2, 0.25) is 5.88 Å². The Labute approximate surface area is 171 Å². The van der Waals surface area contributed by atoms with E-state index in [0.29, 0.717) is 19.1 Å². The van der Waals surface area contributed by atoms with Crippen molar-refractivity contribution in [2.45, 2.75) is 13.2 Å². The Balaban J connectivity index is 1.54. The lowest BCUT2D eigenvalue weighted by Crippen LogP contribution is -2.00. The number of H-pyrrole nitrogens is 1. The van der Waals surface area contributed by atoms with Gasteiger partial charge in [0.1, 0.15) is 13.2 Å². The van der Waals surface area contributed by atoms with Crippen molar-refractivity contribution in [3.63, 3.8) is 0 Å². The van der Waals surface area contributed by atoms with Crippen molar-refractivity contribution in [2.75, 3.05) is 0 Å². The predicted octanol–water partition coefficient (Wildman–Crippen LogP) is 6.34. The number of hydrogen-bond acceptors (Lipinski definition) is 2. The Morgan fingerprint density at radius 1 is 0.621 bits per heavy atom. The molecule has 0 fully saturated rings. The lowest BCUT2D eigenvalue weighted by Gasteiger charge is -2.10. The zero-order valence-corrected chi connectivity index (χ0v) is 16.1. The van der Waals surface area contributed by atoms with Crippen molar-refractivity contribution < 1.29 is 9.47 Å². The molecule has 0 unspecified atom stereocenters. The van der Waals surface area contributed by atoms with Gasteiger partial charge in [0.15, 0.2) is 5.75 Å². The third-order valence-electron chi connectivity index (χ3n) is 4.53. The fourth-order valence-corrected chi connectivity index (χ4v) is 3.00. The summed E-state index contributed by atoms with van der Waals surface area (Å²) in [6, 6.07) is 30.4. The molecule has 0 aliphatic heterocycles. The molecule has 0 aliphatic carbocycles. The normalized spacial score (nSPS) is 10.9. The van der Waals surface area contributed by atoms with Crippen molar-refractivity contribution >= 4 is 12.2 Å². The van der Waals surface area contributed by atoms with E-state index in [4.69, 9.17) is 9.47 Å². The summed E-state index contributed by atoms with van der Waals surface area (Å²) in [6.07, 6.45) is 6.03. The molecule has 3 aromatic carbocycles. The van der Waals surface area contributed by atoms with Crippen LogP contribution >= 0.6 is 0 Å². The molecule has 3 heteroatoms. The van der Waals surface area contributed by atoms with E-state index >= 15 is 0 Å². The van der Waals surface area contributed by atoms with E-state index in [2.05, 4.69) is 35.3 Å². The Bertz CT molecular complexity index is 1040. The molecule has 1 aromatic heterocycles. The summed E-state index contributed by atoms with van der Waals surface area (Å²) < 4.78 is 12.2. The SMILES string of the molecule is C(=Cc1c[nH]c(OCc2ccccc2)c1OCc1ccccc1)c1ccccc1. The first-order chi connectivity index (χ1) is 14.4. The van der Waals surface area contributed by atoms with Gasteiger partial charge >= 0.3 is 0 Å². The van der Waals surface area contributed by atoms with Crippen LogP contribution in [-0.2, 0) is 13.2 Å². The van der Waals surface area contributed by atoms with Crippen LogP contribution in [0.2, 0.25) is 0 Å². The van der Waals surface area contributed by atoms with Crippen LogP contribution < -0.4 is 9.47 Å². The molecule has 29 heavy (non-hydrogen) atoms. The number of hydrogen-bond donors (Lipinski definition) is 1. The first kappa shape index (κ1) is 18.6. The van der Waals surface area contributed by atoms with Gasteiger partial charge in [-0.15, -0.1) is 0 Å². The van der Waals surface area contributed by atoms with Crippen molar-refractivity contribution in [3.8, 4) is 11.6 Å². The molecular formula is C26H23NO2. The second kappa shape index (κ2) is 9.47. The second-order valence-electron chi connectivity index (χ2n) is 6.69. The fourth-order valence-electron chi connectivity index (χ4n) is 3.00. The molecule has 0 radical (unpaired) electrons. The highest BCUT2D eigenvalue weighted by Gasteiger charge is 2.13. The van der Waals surface area contributed by atoms with Gasteiger partial charge in [-0.05, 0) is 22.8 Å². The Hall–Kier alpha value is -3.72. The molecule has 0 aliphatic rings. The molecular weight excluding hydrogens is 358 g/mol. The molecule has 3 nitrogen and oxygen atoms in total. The van der Waals surface area contributed by atoms with Gasteiger partial charge in [-0.2, -0.15) is 0 Å². The summed E-state index contributed by atoms with van der Waals surface area (Å²) in [5, 5.41) is 0. The van der Waals surface area contributed by atoms with Crippen LogP contribution in [0.3, 0.4) is 0 Å². The van der Waals surface area contributed by atoms with Gasteiger partial charge in [0.25, 0.3) is 0 Å². The molecule has 144 valence electrons. The third kappa shape index (κ3) is 5.17. The van der Waals surface area contributed by atoms with E-state index in [-0.39, 0.29) is 0 Å². The zero-order valence-electron chi connectivity index (χ0n) is 16.1. The average molecular weight is 381 g/mol. The Kier molecular flexibility index (Phi) is 6.08. The summed E-state index contributed by atoms with van der Waals surface area (Å²) in [6.45, 7) is 0.956. The number of aromatic nitrogens is 1. The van der Waals surface area contributed by atoms with Crippen LogP contribution in [0.15, 0.2) is 97.2 Å². The number of aromatic amines is 1. The maximum absolute atomic E-state index is 6.16. The van der Waals surface area contributed by atoms with E-state index in [0.717, 1.165) is 28.0 Å². The van der Waals surface area contributed by atoms with Gasteiger partial charge < -0.3 is 14.5 Å². The second-order valence-corrected chi connectivity index (χ2v) is 6.69. The minimum absolute atomic E-state index is 0.477. The van der Waals surface area contributed by atoms with Crippen molar-refractivity contribution in [2.24, 2.45) is 0 Å². The zero-order chi connectivity index (χ0) is 19.7. The van der Waals surface area contributed by atoms with E-state index < -0.39 is 0 Å². The van der Waals surface area contributed by atoms with E-state index in [9.17, 15) is 0 Å². The van der Waals surface area contributed by atoms with Gasteiger partial charge in [-0.25, -0.2) is 0 Å². The largest absolute Gasteiger partial charge is 0.483 e. The summed E-state index contributed by atoms with van der Waals surface area (Å²) >= 11 is 0. The molecule has 0 atom stereocenters. The highest BCUT2D eigenvalue weighted by Crippen LogP contribution is 2.33. The van der Waals surface area contributed by atoms with Gasteiger partial charge in [0, 0.05) is 11.8 Å². The molecule has 4 aromatic rings. The monoisotopic (exact) mass is 381 g/mol. The lowest BCUT2D eigenvalue weighted by molar-refractivity contribution is 0.250. The molecule has 1 N–H and O–H groups in total. The van der Waals surface area contributed by atoms with Crippen molar-refractivity contribution in [1.29, 1.82) is 0 Å². The lowest BCUT2D eigenvalue weighted by atomic mass is 10.2. The maximum atomic E-state index is 6.16. The Morgan fingerprint density at radius 3 is 1.79 bits per heavy atom. The number of benzene rings is 3. The van der Waals surface area contributed by atoms with Crippen molar-refractivity contribution in [3.05, 3.63) is 119 Å². The molecule has 0 bridgehead atoms. The molecule has 0 amide bonds. The number of rotatable bonds is 8. The molecule has 0 saturated carbocycles. The van der Waals surface area contributed by atoms with Gasteiger partial charge in [0.05, 0.1) is 0 Å². The number of nitrogens with one attached hydrogen (secondary N) is 1. The van der Waals surface area contributed by atoms with Gasteiger partial charge in [-0.3, -0.25) is 0 Å². The fraction of sp³-hybridized carbons (Fsp3) is 0.0769. The summed E-state index contributed by atoms with van der Waals surface area (Å²) in [5.74, 6) is 1.36. The molecule has 1 heterocycles. The molecule has 0 saturated heterocycles. The summed E-state index contributed by atoms with van der Waals surface area (Å²) in [7, 11) is 0. The first-order valence-corrected chi connectivity index (χ1v) is 9.66. The van der Waals surface area contributed by atoms with Crippen molar-refractivity contribution in [1.82, 2.24) is 4.98 Å². The average Bonchev–Trinajstić information content (AvgIpc) is 3.18. The third-order valence-corrected chi connectivity index (χ3v) is 4.53. The highest BCUT2D eigenvalue weighted by atomic mass is 16.5. The molecule has 0 spiro atoms. The minimum Gasteiger partial charge on any atom is -0.483 e. The van der Waals surface area contributed by atoms with E-state index in [1.165, 1.54) is 0 Å². The Morgan fingerprint density at radius 2 is 1.17 bits per heavy atom. The minimum atomic E-state index is 0.477. The first-order valence-electron chi connectivity index (χ1n) is 9.66. The molecule has 4 rings (SSSR count). The van der Waals surface area contributed by atoms with Crippen LogP contribution in [-0.4, -0.2) is 4.98 Å². The van der Waals surface area contributed by atoms with Gasteiger partial charge in [-0.1, -0.05) is 97.1 Å². The topological polar surface area (TPSA) is 34.2 Å². The quantitative estimate of drug-likeness (QED) is 0.386. The highest BCUT2D eigenvalue weighted by molar-refractivity contribution is 5.73. The van der Waals surface area contributed by atoms with Crippen LogP contribution in [0.4, 0.5) is 0 Å². The maximum Gasteiger partial charge on any atom is 0.235 e. The van der Waals surface area contributed by atoms with Crippen LogP contribution in [0.1, 0.15) is 22.3 Å². The van der Waals surface area contributed by atoms with Crippen LogP contribution in [0, 0.1) is 0 Å². The van der Waals surface area contributed by atoms with Crippen LogP contribution in [0.25, 0.3) is 12.2 Å². The number of ether oxygens (including phenoxy) is 2. The predicted molar refractivity (Wildman–Crippen MR) is 118 cm³/mol. The van der Waals surface area contributed by atoms with Crippen LogP contribution in [0.5, 0.6) is 11.6 Å².